The molecule has 8 nitrogen and oxygen atoms in total. The molecule has 146 valence electrons. The third-order valence-corrected chi connectivity index (χ3v) is 3.97. The van der Waals surface area contributed by atoms with E-state index in [4.69, 9.17) is 13.9 Å². The lowest BCUT2D eigenvalue weighted by Crippen LogP contribution is -2.40. The summed E-state index contributed by atoms with van der Waals surface area (Å²) in [5.74, 6) is 1.49. The van der Waals surface area contributed by atoms with Crippen LogP contribution in [0.15, 0.2) is 27.8 Å². The van der Waals surface area contributed by atoms with Crippen molar-refractivity contribution < 1.29 is 18.7 Å². The number of rotatable bonds is 10. The van der Waals surface area contributed by atoms with E-state index in [0.29, 0.717) is 25.7 Å². The smallest absolute Gasteiger partial charge is 0.243 e. The summed E-state index contributed by atoms with van der Waals surface area (Å²) in [5.41, 5.74) is 0. The second-order valence-electron chi connectivity index (χ2n) is 6.35. The SMILES string of the molecule is CN(C)C(=O)CN=C(NCCCOC1CCOC1)NCCc1ccco1. The molecule has 26 heavy (non-hydrogen) atoms. The molecule has 0 bridgehead atoms. The minimum atomic E-state index is -0.0401. The van der Waals surface area contributed by atoms with Crippen molar-refractivity contribution in [2.75, 3.05) is 53.6 Å². The summed E-state index contributed by atoms with van der Waals surface area (Å²) in [4.78, 5) is 17.6. The number of nitrogens with zero attached hydrogens (tertiary/aromatic N) is 2. The van der Waals surface area contributed by atoms with Crippen LogP contribution < -0.4 is 10.6 Å². The lowest BCUT2D eigenvalue weighted by Gasteiger charge is -2.14. The van der Waals surface area contributed by atoms with Crippen LogP contribution in [-0.2, 0) is 20.7 Å². The van der Waals surface area contributed by atoms with Gasteiger partial charge in [-0.1, -0.05) is 0 Å². The van der Waals surface area contributed by atoms with Crippen molar-refractivity contribution in [2.45, 2.75) is 25.4 Å². The highest BCUT2D eigenvalue weighted by molar-refractivity contribution is 5.84. The first-order valence-electron chi connectivity index (χ1n) is 9.09. The van der Waals surface area contributed by atoms with E-state index < -0.39 is 0 Å². The van der Waals surface area contributed by atoms with Crippen molar-refractivity contribution in [3.63, 3.8) is 0 Å². The first-order valence-corrected chi connectivity index (χ1v) is 9.09. The van der Waals surface area contributed by atoms with Gasteiger partial charge in [0.1, 0.15) is 12.3 Å². The number of ether oxygens (including phenoxy) is 2. The predicted octanol–water partition coefficient (Wildman–Crippen LogP) is 0.641. The molecule has 2 rings (SSSR count). The second kappa shape index (κ2) is 11.5. The van der Waals surface area contributed by atoms with Crippen molar-refractivity contribution in [1.82, 2.24) is 15.5 Å². The summed E-state index contributed by atoms with van der Waals surface area (Å²) in [6, 6.07) is 3.80. The monoisotopic (exact) mass is 366 g/mol. The van der Waals surface area contributed by atoms with E-state index in [2.05, 4.69) is 15.6 Å². The second-order valence-corrected chi connectivity index (χ2v) is 6.35. The molecular formula is C18H30N4O4. The Bertz CT molecular complexity index is 539. The fraction of sp³-hybridized carbons (Fsp3) is 0.667. The fourth-order valence-corrected chi connectivity index (χ4v) is 2.39. The quantitative estimate of drug-likeness (QED) is 0.359. The van der Waals surface area contributed by atoms with E-state index in [1.165, 1.54) is 4.90 Å². The van der Waals surface area contributed by atoms with Gasteiger partial charge in [-0.15, -0.1) is 0 Å². The van der Waals surface area contributed by atoms with E-state index in [1.54, 1.807) is 20.4 Å². The lowest BCUT2D eigenvalue weighted by molar-refractivity contribution is -0.127. The zero-order valence-corrected chi connectivity index (χ0v) is 15.7. The molecule has 0 spiro atoms. The van der Waals surface area contributed by atoms with E-state index in [0.717, 1.165) is 38.2 Å². The maximum absolute atomic E-state index is 11.7. The van der Waals surface area contributed by atoms with Gasteiger partial charge in [-0.05, 0) is 25.0 Å². The number of guanidine groups is 1. The van der Waals surface area contributed by atoms with Crippen molar-refractivity contribution in [3.8, 4) is 0 Å². The standard InChI is InChI=1S/C18H30N4O4/c1-22(2)17(23)13-21-18(20-9-6-15-5-3-10-25-15)19-8-4-11-26-16-7-12-24-14-16/h3,5,10,16H,4,6-9,11-14H2,1-2H3,(H2,19,20,21). The van der Waals surface area contributed by atoms with Gasteiger partial charge in [0.25, 0.3) is 0 Å². The van der Waals surface area contributed by atoms with E-state index in [1.807, 2.05) is 12.1 Å². The summed E-state index contributed by atoms with van der Waals surface area (Å²) in [7, 11) is 3.44. The Morgan fingerprint density at radius 2 is 2.23 bits per heavy atom. The molecule has 2 N–H and O–H groups in total. The molecule has 8 heteroatoms. The number of carbonyl (C=O) groups is 1. The number of carbonyl (C=O) groups excluding carboxylic acids is 1. The van der Waals surface area contributed by atoms with Gasteiger partial charge in [0.2, 0.25) is 5.91 Å². The molecule has 0 radical (unpaired) electrons. The molecule has 1 aromatic heterocycles. The number of likely N-dealkylation sites (N-methyl/N-ethyl adjacent to an activating group) is 1. The molecule has 0 aliphatic carbocycles. The van der Waals surface area contributed by atoms with Gasteiger partial charge in [0.05, 0.1) is 19.0 Å². The number of hydrogen-bond acceptors (Lipinski definition) is 5. The van der Waals surface area contributed by atoms with Crippen LogP contribution in [0.4, 0.5) is 0 Å². The number of aliphatic imine (C=N–C) groups is 1. The zero-order valence-electron chi connectivity index (χ0n) is 15.7. The number of furan rings is 1. The molecular weight excluding hydrogens is 336 g/mol. The van der Waals surface area contributed by atoms with Gasteiger partial charge in [0.15, 0.2) is 5.96 Å². The summed E-state index contributed by atoms with van der Waals surface area (Å²) in [6.45, 7) is 3.67. The van der Waals surface area contributed by atoms with Crippen LogP contribution in [-0.4, -0.2) is 76.4 Å². The summed E-state index contributed by atoms with van der Waals surface area (Å²) >= 11 is 0. The Morgan fingerprint density at radius 3 is 2.92 bits per heavy atom. The van der Waals surface area contributed by atoms with Gasteiger partial charge in [-0.25, -0.2) is 4.99 Å². The molecule has 2 heterocycles. The van der Waals surface area contributed by atoms with Crippen LogP contribution in [0.2, 0.25) is 0 Å². The zero-order chi connectivity index (χ0) is 18.6. The molecule has 1 amide bonds. The van der Waals surface area contributed by atoms with Crippen molar-refractivity contribution >= 4 is 11.9 Å². The molecule has 0 saturated carbocycles. The van der Waals surface area contributed by atoms with E-state index in [9.17, 15) is 4.79 Å². The Kier molecular flexibility index (Phi) is 8.99. The summed E-state index contributed by atoms with van der Waals surface area (Å²) in [6.07, 6.45) is 4.47. The highest BCUT2D eigenvalue weighted by atomic mass is 16.5. The van der Waals surface area contributed by atoms with Crippen LogP contribution in [0.25, 0.3) is 0 Å². The lowest BCUT2D eigenvalue weighted by atomic mass is 10.3. The molecule has 1 aliphatic rings. The van der Waals surface area contributed by atoms with Crippen LogP contribution in [0.3, 0.4) is 0 Å². The van der Waals surface area contributed by atoms with E-state index in [-0.39, 0.29) is 18.6 Å². The predicted molar refractivity (Wildman–Crippen MR) is 99.2 cm³/mol. The van der Waals surface area contributed by atoms with Crippen LogP contribution in [0.5, 0.6) is 0 Å². The van der Waals surface area contributed by atoms with Gasteiger partial charge < -0.3 is 29.4 Å². The Morgan fingerprint density at radius 1 is 1.38 bits per heavy atom. The van der Waals surface area contributed by atoms with E-state index >= 15 is 0 Å². The Hall–Kier alpha value is -2.06. The molecule has 1 unspecified atom stereocenters. The third kappa shape index (κ3) is 7.88. The van der Waals surface area contributed by atoms with Crippen molar-refractivity contribution in [3.05, 3.63) is 24.2 Å². The molecule has 1 aromatic rings. The maximum Gasteiger partial charge on any atom is 0.243 e. The summed E-state index contributed by atoms with van der Waals surface area (Å²) in [5, 5.41) is 6.48. The van der Waals surface area contributed by atoms with Gasteiger partial charge in [-0.3, -0.25) is 4.79 Å². The van der Waals surface area contributed by atoms with Gasteiger partial charge in [-0.2, -0.15) is 0 Å². The molecule has 1 aliphatic heterocycles. The molecule has 1 saturated heterocycles. The Labute approximate surface area is 154 Å². The minimum Gasteiger partial charge on any atom is -0.469 e. The molecule has 1 atom stereocenters. The normalized spacial score (nSPS) is 17.3. The molecule has 1 fully saturated rings. The maximum atomic E-state index is 11.7. The van der Waals surface area contributed by atoms with Crippen LogP contribution >= 0.6 is 0 Å². The average Bonchev–Trinajstić information content (AvgIpc) is 3.32. The van der Waals surface area contributed by atoms with Crippen LogP contribution in [0, 0.1) is 0 Å². The topological polar surface area (TPSA) is 88.3 Å². The van der Waals surface area contributed by atoms with Gasteiger partial charge >= 0.3 is 0 Å². The highest BCUT2D eigenvalue weighted by Crippen LogP contribution is 2.07. The van der Waals surface area contributed by atoms with Crippen molar-refractivity contribution in [2.24, 2.45) is 4.99 Å². The van der Waals surface area contributed by atoms with Crippen LogP contribution in [0.1, 0.15) is 18.6 Å². The van der Waals surface area contributed by atoms with Gasteiger partial charge in [0, 0.05) is 46.8 Å². The first kappa shape index (κ1) is 20.3. The Balaban J connectivity index is 1.69. The fourth-order valence-electron chi connectivity index (χ4n) is 2.39. The number of nitrogens with one attached hydrogen (secondary N) is 2. The molecule has 0 aromatic carbocycles. The third-order valence-electron chi connectivity index (χ3n) is 3.97. The highest BCUT2D eigenvalue weighted by Gasteiger charge is 2.15. The summed E-state index contributed by atoms with van der Waals surface area (Å²) < 4.78 is 16.4. The average molecular weight is 366 g/mol. The number of hydrogen-bond donors (Lipinski definition) is 2. The van der Waals surface area contributed by atoms with Crippen molar-refractivity contribution in [1.29, 1.82) is 0 Å². The first-order chi connectivity index (χ1) is 12.6. The number of amides is 1. The minimum absolute atomic E-state index is 0.0401. The largest absolute Gasteiger partial charge is 0.469 e.